The average molecular weight is 298 g/mol. The number of anilines is 1. The molecule has 0 radical (unpaired) electrons. The van der Waals surface area contributed by atoms with Crippen LogP contribution < -0.4 is 10.5 Å². The molecule has 0 aliphatic rings. The summed E-state index contributed by atoms with van der Waals surface area (Å²) >= 11 is 0. The van der Waals surface area contributed by atoms with Crippen LogP contribution in [0.4, 0.5) is 18.9 Å². The fourth-order valence-corrected chi connectivity index (χ4v) is 1.69. The van der Waals surface area contributed by atoms with Crippen LogP contribution in [0.2, 0.25) is 0 Å². The van der Waals surface area contributed by atoms with Gasteiger partial charge in [0.25, 0.3) is 0 Å². The van der Waals surface area contributed by atoms with Crippen molar-refractivity contribution in [3.05, 3.63) is 24.0 Å². The summed E-state index contributed by atoms with van der Waals surface area (Å²) in [5.41, 5.74) is 5.57. The lowest BCUT2D eigenvalue weighted by atomic mass is 10.1. The minimum atomic E-state index is -4.78. The van der Waals surface area contributed by atoms with Gasteiger partial charge in [-0.2, -0.15) is 18.3 Å². The van der Waals surface area contributed by atoms with Gasteiger partial charge in [0.05, 0.1) is 19.0 Å². The summed E-state index contributed by atoms with van der Waals surface area (Å²) in [6.07, 6.45) is -4.84. The largest absolute Gasteiger partial charge is 0.494 e. The molecule has 0 saturated heterocycles. The summed E-state index contributed by atoms with van der Waals surface area (Å²) in [6, 6.07) is 1.09. The lowest BCUT2D eigenvalue weighted by Gasteiger charge is -2.18. The summed E-state index contributed by atoms with van der Waals surface area (Å²) in [5, 5.41) is 13.1. The summed E-state index contributed by atoms with van der Waals surface area (Å²) < 4.78 is 43.7. The molecule has 106 valence electrons. The van der Waals surface area contributed by atoms with E-state index in [1.807, 2.05) is 0 Å². The second kappa shape index (κ2) is 5.14. The standard InChI is InChI=1S/C10H10F3N3O2.ClH/c1-18-8-5(9(17)10(11,12)13)2-3-16-7(8)6(14)4-15-16;/h2-4,9,17H,14H2,1H3;1H/t9-;/m0./s1. The van der Waals surface area contributed by atoms with Gasteiger partial charge in [-0.1, -0.05) is 0 Å². The Morgan fingerprint density at radius 2 is 2.11 bits per heavy atom. The summed E-state index contributed by atoms with van der Waals surface area (Å²) in [5.74, 6) is -0.141. The van der Waals surface area contributed by atoms with Crippen LogP contribution in [-0.2, 0) is 0 Å². The quantitative estimate of drug-likeness (QED) is 0.888. The predicted molar refractivity (Wildman–Crippen MR) is 64.4 cm³/mol. The SMILES string of the molecule is COc1c([C@H](O)C(F)(F)F)ccn2ncc(N)c12.Cl. The van der Waals surface area contributed by atoms with Gasteiger partial charge in [0.2, 0.25) is 0 Å². The number of halogens is 4. The number of ether oxygens (including phenoxy) is 1. The third-order valence-electron chi connectivity index (χ3n) is 2.51. The van der Waals surface area contributed by atoms with Crippen molar-refractivity contribution in [2.75, 3.05) is 12.8 Å². The van der Waals surface area contributed by atoms with E-state index in [-0.39, 0.29) is 29.4 Å². The van der Waals surface area contributed by atoms with Crippen molar-refractivity contribution in [2.24, 2.45) is 0 Å². The first kappa shape index (κ1) is 15.4. The van der Waals surface area contributed by atoms with Gasteiger partial charge >= 0.3 is 6.18 Å². The number of methoxy groups -OCH3 is 1. The third-order valence-corrected chi connectivity index (χ3v) is 2.51. The Morgan fingerprint density at radius 3 is 2.63 bits per heavy atom. The number of aliphatic hydroxyl groups excluding tert-OH is 1. The van der Waals surface area contributed by atoms with Gasteiger partial charge in [0.1, 0.15) is 5.52 Å². The zero-order chi connectivity index (χ0) is 13.5. The molecule has 1 atom stereocenters. The van der Waals surface area contributed by atoms with Gasteiger partial charge in [-0.15, -0.1) is 12.4 Å². The van der Waals surface area contributed by atoms with E-state index in [1.165, 1.54) is 24.0 Å². The van der Waals surface area contributed by atoms with Crippen LogP contribution in [0.1, 0.15) is 11.7 Å². The molecule has 2 aromatic heterocycles. The Balaban J connectivity index is 0.00000180. The molecule has 0 spiro atoms. The third kappa shape index (κ3) is 2.54. The highest BCUT2D eigenvalue weighted by Crippen LogP contribution is 2.39. The van der Waals surface area contributed by atoms with Crippen molar-refractivity contribution in [1.29, 1.82) is 0 Å². The Bertz CT molecular complexity index is 585. The number of alkyl halides is 3. The van der Waals surface area contributed by atoms with Gasteiger partial charge < -0.3 is 15.6 Å². The number of hydrogen-bond acceptors (Lipinski definition) is 4. The first-order chi connectivity index (χ1) is 8.36. The van der Waals surface area contributed by atoms with Crippen LogP contribution in [0.3, 0.4) is 0 Å². The number of hydrogen-bond donors (Lipinski definition) is 2. The van der Waals surface area contributed by atoms with Crippen molar-refractivity contribution in [2.45, 2.75) is 12.3 Å². The summed E-state index contributed by atoms with van der Waals surface area (Å²) in [6.45, 7) is 0. The molecule has 2 rings (SSSR count). The zero-order valence-corrected chi connectivity index (χ0v) is 10.5. The second-order valence-electron chi connectivity index (χ2n) is 3.64. The molecule has 3 N–H and O–H groups in total. The molecule has 0 fully saturated rings. The molecule has 0 saturated carbocycles. The maximum Gasteiger partial charge on any atom is 0.418 e. The maximum atomic E-state index is 12.5. The average Bonchev–Trinajstić information content (AvgIpc) is 2.68. The van der Waals surface area contributed by atoms with Crippen molar-refractivity contribution in [3.63, 3.8) is 0 Å². The molecule has 0 aromatic carbocycles. The fraction of sp³-hybridized carbons (Fsp3) is 0.300. The highest BCUT2D eigenvalue weighted by molar-refractivity contribution is 5.85. The number of fused-ring (bicyclic) bond motifs is 1. The fourth-order valence-electron chi connectivity index (χ4n) is 1.69. The lowest BCUT2D eigenvalue weighted by Crippen LogP contribution is -2.21. The molecular weight excluding hydrogens is 287 g/mol. The topological polar surface area (TPSA) is 72.8 Å². The summed E-state index contributed by atoms with van der Waals surface area (Å²) in [4.78, 5) is 0. The predicted octanol–water partition coefficient (Wildman–Crippen LogP) is 1.94. The van der Waals surface area contributed by atoms with Crippen LogP contribution in [-0.4, -0.2) is 28.0 Å². The van der Waals surface area contributed by atoms with Crippen molar-refractivity contribution < 1.29 is 23.0 Å². The number of aromatic nitrogens is 2. The highest BCUT2D eigenvalue weighted by atomic mass is 35.5. The van der Waals surface area contributed by atoms with E-state index >= 15 is 0 Å². The number of nitrogens with zero attached hydrogens (tertiary/aromatic N) is 2. The van der Waals surface area contributed by atoms with Gasteiger partial charge in [-0.05, 0) is 6.07 Å². The van der Waals surface area contributed by atoms with Crippen molar-refractivity contribution in [1.82, 2.24) is 9.61 Å². The number of rotatable bonds is 2. The van der Waals surface area contributed by atoms with Crippen LogP contribution in [0, 0.1) is 0 Å². The molecule has 5 nitrogen and oxygen atoms in total. The van der Waals surface area contributed by atoms with Gasteiger partial charge in [0, 0.05) is 11.8 Å². The van der Waals surface area contributed by atoms with Crippen LogP contribution in [0.25, 0.3) is 5.52 Å². The van der Waals surface area contributed by atoms with E-state index in [0.717, 1.165) is 6.07 Å². The van der Waals surface area contributed by atoms with Gasteiger partial charge in [-0.25, -0.2) is 4.52 Å². The van der Waals surface area contributed by atoms with E-state index in [0.29, 0.717) is 0 Å². The summed E-state index contributed by atoms with van der Waals surface area (Å²) in [7, 11) is 1.20. The molecule has 9 heteroatoms. The molecule has 0 amide bonds. The minimum absolute atomic E-state index is 0. The maximum absolute atomic E-state index is 12.5. The van der Waals surface area contributed by atoms with Crippen LogP contribution >= 0.6 is 12.4 Å². The molecule has 2 aromatic rings. The van der Waals surface area contributed by atoms with Gasteiger partial charge in [-0.3, -0.25) is 0 Å². The van der Waals surface area contributed by atoms with E-state index in [2.05, 4.69) is 5.10 Å². The van der Waals surface area contributed by atoms with E-state index in [1.54, 1.807) is 0 Å². The van der Waals surface area contributed by atoms with Crippen molar-refractivity contribution in [3.8, 4) is 5.75 Å². The monoisotopic (exact) mass is 297 g/mol. The Hall–Kier alpha value is -1.67. The van der Waals surface area contributed by atoms with E-state index in [4.69, 9.17) is 10.5 Å². The number of nitrogen functional groups attached to an aromatic ring is 1. The molecular formula is C10H11ClF3N3O2. The normalized spacial score (nSPS) is 13.1. The Labute approximate surface area is 112 Å². The first-order valence-corrected chi connectivity index (χ1v) is 4.90. The lowest BCUT2D eigenvalue weighted by molar-refractivity contribution is -0.207. The molecule has 0 unspecified atom stereocenters. The second-order valence-corrected chi connectivity index (χ2v) is 3.64. The van der Waals surface area contributed by atoms with Crippen molar-refractivity contribution >= 4 is 23.6 Å². The smallest absolute Gasteiger partial charge is 0.418 e. The molecule has 0 aliphatic heterocycles. The number of aliphatic hydroxyl groups is 1. The molecule has 2 heterocycles. The number of pyridine rings is 1. The number of nitrogens with two attached hydrogens (primary N) is 1. The Kier molecular flexibility index (Phi) is 4.16. The molecule has 19 heavy (non-hydrogen) atoms. The minimum Gasteiger partial charge on any atom is -0.494 e. The first-order valence-electron chi connectivity index (χ1n) is 4.90. The molecule has 0 aliphatic carbocycles. The highest BCUT2D eigenvalue weighted by Gasteiger charge is 2.41. The van der Waals surface area contributed by atoms with Gasteiger partial charge in [0.15, 0.2) is 11.9 Å². The van der Waals surface area contributed by atoms with Crippen LogP contribution in [0.15, 0.2) is 18.5 Å². The van der Waals surface area contributed by atoms with E-state index in [9.17, 15) is 18.3 Å². The zero-order valence-electron chi connectivity index (χ0n) is 9.68. The Morgan fingerprint density at radius 1 is 1.47 bits per heavy atom. The molecule has 0 bridgehead atoms. The van der Waals surface area contributed by atoms with E-state index < -0.39 is 17.8 Å². The van der Waals surface area contributed by atoms with Crippen LogP contribution in [0.5, 0.6) is 5.75 Å².